The Kier molecular flexibility index (Phi) is 3.25. The van der Waals surface area contributed by atoms with Gasteiger partial charge in [-0.2, -0.15) is 0 Å². The Morgan fingerprint density at radius 2 is 2.19 bits per heavy atom. The fraction of sp³-hybridized carbons (Fsp3) is 0.231. The molecule has 2 rings (SSSR count). The Morgan fingerprint density at radius 3 is 2.88 bits per heavy atom. The number of hydrogen-bond acceptors (Lipinski definition) is 2. The molecule has 2 aromatic rings. The molecule has 0 amide bonds. The second-order valence-electron chi connectivity index (χ2n) is 3.84. The molecule has 16 heavy (non-hydrogen) atoms. The number of hydrogen-bond donors (Lipinski definition) is 1. The van der Waals surface area contributed by atoms with E-state index in [9.17, 15) is 4.39 Å². The number of benzene rings is 1. The summed E-state index contributed by atoms with van der Waals surface area (Å²) in [6.45, 7) is 2.04. The molecule has 1 N–H and O–H groups in total. The zero-order valence-corrected chi connectivity index (χ0v) is 9.11. The van der Waals surface area contributed by atoms with Crippen LogP contribution in [0.1, 0.15) is 12.7 Å². The lowest BCUT2D eigenvalue weighted by molar-refractivity contribution is 0.497. The molecule has 0 aliphatic carbocycles. The molecule has 1 aromatic carbocycles. The molecular formula is C13H14FNO. The van der Waals surface area contributed by atoms with Crippen molar-refractivity contribution in [2.75, 3.05) is 5.32 Å². The lowest BCUT2D eigenvalue weighted by Gasteiger charge is -2.13. The highest BCUT2D eigenvalue weighted by molar-refractivity contribution is 5.43. The number of rotatable bonds is 4. The molecule has 0 aliphatic heterocycles. The minimum absolute atomic E-state index is 0.202. The molecule has 1 aromatic heterocycles. The van der Waals surface area contributed by atoms with E-state index in [0.29, 0.717) is 0 Å². The molecule has 0 aliphatic rings. The van der Waals surface area contributed by atoms with Gasteiger partial charge in [0.25, 0.3) is 0 Å². The first-order valence-corrected chi connectivity index (χ1v) is 5.28. The molecule has 0 spiro atoms. The van der Waals surface area contributed by atoms with Crippen LogP contribution in [0, 0.1) is 5.82 Å². The Labute approximate surface area is 94.1 Å². The second kappa shape index (κ2) is 4.84. The minimum Gasteiger partial charge on any atom is -0.469 e. The van der Waals surface area contributed by atoms with Crippen molar-refractivity contribution in [2.24, 2.45) is 0 Å². The van der Waals surface area contributed by atoms with Gasteiger partial charge < -0.3 is 9.73 Å². The number of nitrogens with one attached hydrogen (secondary N) is 1. The molecular weight excluding hydrogens is 205 g/mol. The summed E-state index contributed by atoms with van der Waals surface area (Å²) in [6, 6.07) is 10.5. The molecule has 0 saturated heterocycles. The highest BCUT2D eigenvalue weighted by Gasteiger charge is 2.05. The van der Waals surface area contributed by atoms with Crippen LogP contribution in [0.4, 0.5) is 10.1 Å². The summed E-state index contributed by atoms with van der Waals surface area (Å²) in [6.07, 6.45) is 2.44. The van der Waals surface area contributed by atoms with Gasteiger partial charge >= 0.3 is 0 Å². The van der Waals surface area contributed by atoms with E-state index in [4.69, 9.17) is 4.42 Å². The van der Waals surface area contributed by atoms with E-state index in [1.807, 2.05) is 25.1 Å². The molecule has 1 heterocycles. The highest BCUT2D eigenvalue weighted by atomic mass is 19.1. The molecule has 3 heteroatoms. The van der Waals surface area contributed by atoms with E-state index >= 15 is 0 Å². The van der Waals surface area contributed by atoms with Crippen LogP contribution in [0.3, 0.4) is 0 Å². The number of halogens is 1. The van der Waals surface area contributed by atoms with E-state index < -0.39 is 0 Å². The second-order valence-corrected chi connectivity index (χ2v) is 3.84. The van der Waals surface area contributed by atoms with Gasteiger partial charge in [-0.1, -0.05) is 6.07 Å². The zero-order chi connectivity index (χ0) is 11.4. The average Bonchev–Trinajstić information content (AvgIpc) is 2.70. The third kappa shape index (κ3) is 2.86. The van der Waals surface area contributed by atoms with E-state index in [-0.39, 0.29) is 11.9 Å². The van der Waals surface area contributed by atoms with Gasteiger partial charge in [0.05, 0.1) is 6.26 Å². The van der Waals surface area contributed by atoms with Crippen molar-refractivity contribution < 1.29 is 8.81 Å². The molecule has 0 fully saturated rings. The first-order valence-electron chi connectivity index (χ1n) is 5.28. The van der Waals surface area contributed by atoms with Crippen molar-refractivity contribution >= 4 is 5.69 Å². The normalized spacial score (nSPS) is 12.4. The van der Waals surface area contributed by atoms with Crippen LogP contribution in [-0.2, 0) is 6.42 Å². The largest absolute Gasteiger partial charge is 0.469 e. The number of anilines is 1. The van der Waals surface area contributed by atoms with Crippen LogP contribution in [0.5, 0.6) is 0 Å². The van der Waals surface area contributed by atoms with Gasteiger partial charge in [-0.15, -0.1) is 0 Å². The lowest BCUT2D eigenvalue weighted by atomic mass is 10.2. The van der Waals surface area contributed by atoms with E-state index in [2.05, 4.69) is 5.32 Å². The van der Waals surface area contributed by atoms with E-state index in [1.165, 1.54) is 12.1 Å². The third-order valence-corrected chi connectivity index (χ3v) is 2.33. The Morgan fingerprint density at radius 1 is 1.31 bits per heavy atom. The van der Waals surface area contributed by atoms with Crippen LogP contribution in [-0.4, -0.2) is 6.04 Å². The maximum atomic E-state index is 12.9. The van der Waals surface area contributed by atoms with Crippen LogP contribution < -0.4 is 5.32 Å². The summed E-state index contributed by atoms with van der Waals surface area (Å²) in [4.78, 5) is 0. The summed E-state index contributed by atoms with van der Waals surface area (Å²) < 4.78 is 18.2. The van der Waals surface area contributed by atoms with Crippen LogP contribution in [0.2, 0.25) is 0 Å². The van der Waals surface area contributed by atoms with Gasteiger partial charge in [0.2, 0.25) is 0 Å². The van der Waals surface area contributed by atoms with Gasteiger partial charge in [0.15, 0.2) is 0 Å². The lowest BCUT2D eigenvalue weighted by Crippen LogP contribution is -2.17. The maximum Gasteiger partial charge on any atom is 0.125 e. The highest BCUT2D eigenvalue weighted by Crippen LogP contribution is 2.12. The van der Waals surface area contributed by atoms with Crippen molar-refractivity contribution in [1.29, 1.82) is 0 Å². The quantitative estimate of drug-likeness (QED) is 0.851. The fourth-order valence-electron chi connectivity index (χ4n) is 1.64. The van der Waals surface area contributed by atoms with Gasteiger partial charge in [0.1, 0.15) is 11.6 Å². The maximum absolute atomic E-state index is 12.9. The molecule has 1 unspecified atom stereocenters. The standard InChI is InChI=1S/C13H14FNO/c1-10(8-13-6-3-7-16-13)15-12-5-2-4-11(14)9-12/h2-7,9-10,15H,8H2,1H3. The smallest absolute Gasteiger partial charge is 0.125 e. The first kappa shape index (κ1) is 10.7. The van der Waals surface area contributed by atoms with E-state index in [0.717, 1.165) is 17.9 Å². The Balaban J connectivity index is 1.94. The summed E-state index contributed by atoms with van der Waals surface area (Å²) in [5.74, 6) is 0.701. The van der Waals surface area contributed by atoms with Crippen molar-refractivity contribution in [2.45, 2.75) is 19.4 Å². The van der Waals surface area contributed by atoms with Gasteiger partial charge in [-0.05, 0) is 37.3 Å². The summed E-state index contributed by atoms with van der Waals surface area (Å²) in [5, 5.41) is 3.22. The minimum atomic E-state index is -0.227. The first-order chi connectivity index (χ1) is 7.74. The molecule has 2 nitrogen and oxygen atoms in total. The Hall–Kier alpha value is -1.77. The molecule has 84 valence electrons. The van der Waals surface area contributed by atoms with Crippen molar-refractivity contribution in [3.8, 4) is 0 Å². The topological polar surface area (TPSA) is 25.2 Å². The van der Waals surface area contributed by atoms with Crippen molar-refractivity contribution in [3.05, 3.63) is 54.2 Å². The Bertz CT molecular complexity index is 439. The summed E-state index contributed by atoms with van der Waals surface area (Å²) in [5.41, 5.74) is 0.791. The van der Waals surface area contributed by atoms with E-state index in [1.54, 1.807) is 12.3 Å². The monoisotopic (exact) mass is 219 g/mol. The average molecular weight is 219 g/mol. The molecule has 0 radical (unpaired) electrons. The fourth-order valence-corrected chi connectivity index (χ4v) is 1.64. The SMILES string of the molecule is CC(Cc1ccco1)Nc1cccc(F)c1. The van der Waals surface area contributed by atoms with Crippen molar-refractivity contribution in [3.63, 3.8) is 0 Å². The number of furan rings is 1. The van der Waals surface area contributed by atoms with Crippen LogP contribution >= 0.6 is 0 Å². The van der Waals surface area contributed by atoms with Gasteiger partial charge in [-0.25, -0.2) is 4.39 Å². The molecule has 0 saturated carbocycles. The predicted octanol–water partition coefficient (Wildman–Crippen LogP) is 3.46. The molecule has 0 bridgehead atoms. The summed E-state index contributed by atoms with van der Waals surface area (Å²) >= 11 is 0. The predicted molar refractivity (Wildman–Crippen MR) is 61.9 cm³/mol. The third-order valence-electron chi connectivity index (χ3n) is 2.33. The van der Waals surface area contributed by atoms with Gasteiger partial charge in [-0.3, -0.25) is 0 Å². The van der Waals surface area contributed by atoms with Crippen molar-refractivity contribution in [1.82, 2.24) is 0 Å². The van der Waals surface area contributed by atoms with Gasteiger partial charge in [0, 0.05) is 18.2 Å². The van der Waals surface area contributed by atoms with Crippen LogP contribution in [0.25, 0.3) is 0 Å². The summed E-state index contributed by atoms with van der Waals surface area (Å²) in [7, 11) is 0. The molecule has 1 atom stereocenters. The van der Waals surface area contributed by atoms with Crippen LogP contribution in [0.15, 0.2) is 47.1 Å². The zero-order valence-electron chi connectivity index (χ0n) is 9.11.